The van der Waals surface area contributed by atoms with Gasteiger partial charge in [0.25, 0.3) is 0 Å². The summed E-state index contributed by atoms with van der Waals surface area (Å²) in [5, 5.41) is 0. The Morgan fingerprint density at radius 1 is 1.30 bits per heavy atom. The lowest BCUT2D eigenvalue weighted by molar-refractivity contribution is 0.407. The van der Waals surface area contributed by atoms with Gasteiger partial charge in [0.2, 0.25) is 10.0 Å². The fraction of sp³-hybridized carbons (Fsp3) is 0.571. The van der Waals surface area contributed by atoms with E-state index in [4.69, 9.17) is 5.73 Å². The Labute approximate surface area is 121 Å². The SMILES string of the molecule is Cc1cc(C)c(S(=O)(=O)NC2CCN(C)C2)c(C)c1N. The molecule has 0 amide bonds. The van der Waals surface area contributed by atoms with Crippen molar-refractivity contribution in [1.29, 1.82) is 0 Å². The van der Waals surface area contributed by atoms with E-state index in [1.807, 2.05) is 27.0 Å². The summed E-state index contributed by atoms with van der Waals surface area (Å²) < 4.78 is 28.0. The van der Waals surface area contributed by atoms with Gasteiger partial charge in [-0.3, -0.25) is 0 Å². The van der Waals surface area contributed by atoms with Crippen LogP contribution in [0.25, 0.3) is 0 Å². The molecule has 0 aromatic heterocycles. The number of nitrogens with two attached hydrogens (primary N) is 1. The molecule has 1 heterocycles. The number of nitrogens with zero attached hydrogens (tertiary/aromatic N) is 1. The van der Waals surface area contributed by atoms with Crippen molar-refractivity contribution in [3.05, 3.63) is 22.8 Å². The molecule has 1 unspecified atom stereocenters. The van der Waals surface area contributed by atoms with Gasteiger partial charge in [-0.25, -0.2) is 13.1 Å². The predicted octanol–water partition coefficient (Wildman–Crippen LogP) is 1.18. The standard InChI is InChI=1S/C14H23N3O2S/c1-9-7-10(2)14(11(3)13(9)15)20(18,19)16-12-5-6-17(4)8-12/h7,12,16H,5-6,8,15H2,1-4H3. The van der Waals surface area contributed by atoms with Gasteiger partial charge in [-0.1, -0.05) is 6.07 Å². The van der Waals surface area contributed by atoms with Crippen LogP contribution < -0.4 is 10.5 Å². The maximum absolute atomic E-state index is 12.6. The number of nitrogens with one attached hydrogen (secondary N) is 1. The molecule has 3 N–H and O–H groups in total. The van der Waals surface area contributed by atoms with Gasteiger partial charge in [-0.2, -0.15) is 0 Å². The zero-order chi connectivity index (χ0) is 15.1. The third-order valence-electron chi connectivity index (χ3n) is 3.94. The Kier molecular flexibility index (Phi) is 4.09. The van der Waals surface area contributed by atoms with Gasteiger partial charge < -0.3 is 10.6 Å². The number of sulfonamides is 1. The van der Waals surface area contributed by atoms with Crippen LogP contribution in [0, 0.1) is 20.8 Å². The third kappa shape index (κ3) is 2.82. The molecule has 0 spiro atoms. The first-order valence-corrected chi connectivity index (χ1v) is 8.28. The highest BCUT2D eigenvalue weighted by Gasteiger charge is 2.28. The van der Waals surface area contributed by atoms with E-state index >= 15 is 0 Å². The highest BCUT2D eigenvalue weighted by molar-refractivity contribution is 7.89. The summed E-state index contributed by atoms with van der Waals surface area (Å²) in [5.74, 6) is 0. The average Bonchev–Trinajstić information content (AvgIpc) is 2.70. The lowest BCUT2D eigenvalue weighted by Crippen LogP contribution is -2.37. The number of likely N-dealkylation sites (N-methyl/N-ethyl adjacent to an activating group) is 1. The summed E-state index contributed by atoms with van der Waals surface area (Å²) >= 11 is 0. The smallest absolute Gasteiger partial charge is 0.241 e. The van der Waals surface area contributed by atoms with Crippen LogP contribution in [0.15, 0.2) is 11.0 Å². The van der Waals surface area contributed by atoms with Gasteiger partial charge in [-0.15, -0.1) is 0 Å². The van der Waals surface area contributed by atoms with Crippen LogP contribution >= 0.6 is 0 Å². The van der Waals surface area contributed by atoms with Crippen LogP contribution in [0.5, 0.6) is 0 Å². The summed E-state index contributed by atoms with van der Waals surface area (Å²) in [6.07, 6.45) is 0.842. The van der Waals surface area contributed by atoms with Crippen LogP contribution in [-0.4, -0.2) is 39.5 Å². The fourth-order valence-corrected chi connectivity index (χ4v) is 4.65. The molecule has 0 radical (unpaired) electrons. The van der Waals surface area contributed by atoms with Gasteiger partial charge in [0.1, 0.15) is 0 Å². The maximum Gasteiger partial charge on any atom is 0.241 e. The normalized spacial score (nSPS) is 20.5. The van der Waals surface area contributed by atoms with E-state index in [1.165, 1.54) is 0 Å². The first kappa shape index (κ1) is 15.3. The second kappa shape index (κ2) is 5.35. The molecular formula is C14H23N3O2S. The summed E-state index contributed by atoms with van der Waals surface area (Å²) in [6, 6.07) is 1.81. The van der Waals surface area contributed by atoms with E-state index in [-0.39, 0.29) is 6.04 Å². The molecule has 1 aromatic carbocycles. The summed E-state index contributed by atoms with van der Waals surface area (Å²) in [5.41, 5.74) is 8.83. The molecule has 1 atom stereocenters. The van der Waals surface area contributed by atoms with Gasteiger partial charge in [-0.05, 0) is 57.5 Å². The van der Waals surface area contributed by atoms with E-state index < -0.39 is 10.0 Å². The van der Waals surface area contributed by atoms with E-state index in [1.54, 1.807) is 6.92 Å². The van der Waals surface area contributed by atoms with Gasteiger partial charge in [0.15, 0.2) is 0 Å². The second-order valence-electron chi connectivity index (χ2n) is 5.75. The molecule has 5 nitrogen and oxygen atoms in total. The number of benzene rings is 1. The Balaban J connectivity index is 2.37. The number of hydrogen-bond donors (Lipinski definition) is 2. The van der Waals surface area contributed by atoms with E-state index in [9.17, 15) is 8.42 Å². The molecule has 112 valence electrons. The van der Waals surface area contributed by atoms with Crippen LogP contribution in [-0.2, 0) is 10.0 Å². The Bertz CT molecular complexity index is 626. The molecule has 20 heavy (non-hydrogen) atoms. The molecule has 6 heteroatoms. The molecular weight excluding hydrogens is 274 g/mol. The summed E-state index contributed by atoms with van der Waals surface area (Å²) in [4.78, 5) is 2.45. The number of anilines is 1. The monoisotopic (exact) mass is 297 g/mol. The molecule has 1 aliphatic rings. The summed E-state index contributed by atoms with van der Waals surface area (Å²) in [6.45, 7) is 7.14. The zero-order valence-electron chi connectivity index (χ0n) is 12.5. The van der Waals surface area contributed by atoms with Crippen molar-refractivity contribution < 1.29 is 8.42 Å². The van der Waals surface area contributed by atoms with Crippen molar-refractivity contribution in [1.82, 2.24) is 9.62 Å². The highest BCUT2D eigenvalue weighted by Crippen LogP contribution is 2.28. The second-order valence-corrected chi connectivity index (χ2v) is 7.40. The molecule has 1 fully saturated rings. The van der Waals surface area contributed by atoms with Gasteiger partial charge in [0, 0.05) is 18.3 Å². The van der Waals surface area contributed by atoms with Crippen LogP contribution in [0.1, 0.15) is 23.1 Å². The van der Waals surface area contributed by atoms with Crippen molar-refractivity contribution >= 4 is 15.7 Å². The van der Waals surface area contributed by atoms with Crippen LogP contribution in [0.3, 0.4) is 0 Å². The molecule has 0 saturated carbocycles. The van der Waals surface area contributed by atoms with Crippen LogP contribution in [0.2, 0.25) is 0 Å². The van der Waals surface area contributed by atoms with Crippen molar-refractivity contribution in [2.75, 3.05) is 25.9 Å². The van der Waals surface area contributed by atoms with Crippen molar-refractivity contribution in [2.45, 2.75) is 38.1 Å². The van der Waals surface area contributed by atoms with E-state index in [0.29, 0.717) is 16.1 Å². The first-order valence-electron chi connectivity index (χ1n) is 6.79. The summed E-state index contributed by atoms with van der Waals surface area (Å²) in [7, 11) is -1.53. The van der Waals surface area contributed by atoms with E-state index in [2.05, 4.69) is 9.62 Å². The van der Waals surface area contributed by atoms with Crippen molar-refractivity contribution in [2.24, 2.45) is 0 Å². The molecule has 0 bridgehead atoms. The molecule has 1 saturated heterocycles. The van der Waals surface area contributed by atoms with Gasteiger partial charge >= 0.3 is 0 Å². The molecule has 2 rings (SSSR count). The average molecular weight is 297 g/mol. The molecule has 1 aromatic rings. The Morgan fingerprint density at radius 2 is 1.95 bits per heavy atom. The lowest BCUT2D eigenvalue weighted by atomic mass is 10.1. The fourth-order valence-electron chi connectivity index (χ4n) is 2.90. The number of hydrogen-bond acceptors (Lipinski definition) is 4. The maximum atomic E-state index is 12.6. The van der Waals surface area contributed by atoms with Crippen molar-refractivity contribution in [3.8, 4) is 0 Å². The lowest BCUT2D eigenvalue weighted by Gasteiger charge is -2.18. The highest BCUT2D eigenvalue weighted by atomic mass is 32.2. The van der Waals surface area contributed by atoms with E-state index in [0.717, 1.165) is 30.6 Å². The topological polar surface area (TPSA) is 75.4 Å². The Hall–Kier alpha value is -1.11. The number of likely N-dealkylation sites (tertiary alicyclic amines) is 1. The third-order valence-corrected chi connectivity index (χ3v) is 5.75. The zero-order valence-corrected chi connectivity index (χ0v) is 13.3. The molecule has 0 aliphatic carbocycles. The minimum absolute atomic E-state index is 0.0219. The first-order chi connectivity index (χ1) is 9.22. The number of nitrogen functional groups attached to an aromatic ring is 1. The molecule has 1 aliphatic heterocycles. The minimum Gasteiger partial charge on any atom is -0.398 e. The minimum atomic E-state index is -3.52. The van der Waals surface area contributed by atoms with Crippen molar-refractivity contribution in [3.63, 3.8) is 0 Å². The van der Waals surface area contributed by atoms with Crippen LogP contribution in [0.4, 0.5) is 5.69 Å². The largest absolute Gasteiger partial charge is 0.398 e. The number of aryl methyl sites for hydroxylation is 2. The Morgan fingerprint density at radius 3 is 2.50 bits per heavy atom. The van der Waals surface area contributed by atoms with Gasteiger partial charge in [0.05, 0.1) is 4.90 Å². The number of rotatable bonds is 3. The predicted molar refractivity (Wildman–Crippen MR) is 81.3 cm³/mol. The quantitative estimate of drug-likeness (QED) is 0.821.